The van der Waals surface area contributed by atoms with Gasteiger partial charge >= 0.3 is 0 Å². The number of fused-ring (bicyclic) bond motifs is 11. The van der Waals surface area contributed by atoms with Gasteiger partial charge in [0.15, 0.2) is 0 Å². The van der Waals surface area contributed by atoms with Crippen LogP contribution in [-0.2, 0) is 57.8 Å². The summed E-state index contributed by atoms with van der Waals surface area (Å²) >= 11 is 2.74. The first-order chi connectivity index (χ1) is 30.2. The third kappa shape index (κ3) is 20.8. The molecule has 18 heteroatoms. The largest absolute Gasteiger partial charge is 0.494 e. The van der Waals surface area contributed by atoms with Crippen LogP contribution in [-0.4, -0.2) is 101 Å². The van der Waals surface area contributed by atoms with E-state index in [1.807, 2.05) is 77.9 Å². The number of carbonyl (C=O) groups excluding carboxylic acids is 6. The van der Waals surface area contributed by atoms with Crippen LogP contribution < -0.4 is 36.8 Å². The van der Waals surface area contributed by atoms with Gasteiger partial charge in [-0.1, -0.05) is 50.2 Å². The standard InChI is InChI=1S/C45H68N6O10S2/c1-7-59-30(5)62-27-41(53)47-26-35(49-42(54)28-63-31(6)60-8-2)17-20-40(52)46-24-33-11-13-34(14-12-33)25-48-45(57)39-23-32-15-18-36(19-16-32)61-21-9-10-37(44(56)51-58)38(22-29(3)4)43(55)50-39/h11-16,18-19,29-31,35,37-39,58H,7-10,17,20-28H2,1-6H3,(H,46,52)(H,47,53)(H,48,57)(H,49,54)(H,50,55)(H,51,56). The molecule has 2 aliphatic heterocycles. The van der Waals surface area contributed by atoms with Gasteiger partial charge in [-0.2, -0.15) is 0 Å². The minimum atomic E-state index is -0.949. The van der Waals surface area contributed by atoms with Crippen molar-refractivity contribution < 1.29 is 48.2 Å². The molecule has 2 aromatic rings. The molecule has 63 heavy (non-hydrogen) atoms. The zero-order valence-electron chi connectivity index (χ0n) is 37.5. The lowest BCUT2D eigenvalue weighted by Gasteiger charge is -2.29. The molecule has 0 aromatic heterocycles. The molecule has 4 rings (SSSR count). The van der Waals surface area contributed by atoms with Crippen molar-refractivity contribution in [1.82, 2.24) is 32.1 Å². The molecule has 350 valence electrons. The summed E-state index contributed by atoms with van der Waals surface area (Å²) in [7, 11) is 0. The predicted octanol–water partition coefficient (Wildman–Crippen LogP) is 4.22. The second-order valence-corrected chi connectivity index (χ2v) is 18.4. The van der Waals surface area contributed by atoms with Crippen LogP contribution in [0.4, 0.5) is 0 Å². The van der Waals surface area contributed by atoms with E-state index in [4.69, 9.17) is 14.2 Å². The van der Waals surface area contributed by atoms with Crippen molar-refractivity contribution in [3.8, 4) is 5.75 Å². The van der Waals surface area contributed by atoms with Crippen molar-refractivity contribution in [2.24, 2.45) is 17.8 Å². The quantitative estimate of drug-likeness (QED) is 0.0447. The minimum absolute atomic E-state index is 0.0622. The van der Waals surface area contributed by atoms with Crippen LogP contribution in [0.25, 0.3) is 0 Å². The van der Waals surface area contributed by atoms with Crippen molar-refractivity contribution in [3.05, 3.63) is 65.2 Å². The maximum absolute atomic E-state index is 13.9. The summed E-state index contributed by atoms with van der Waals surface area (Å²) < 4.78 is 16.8. The fourth-order valence-corrected chi connectivity index (χ4v) is 8.34. The lowest BCUT2D eigenvalue weighted by Crippen LogP contribution is -2.51. The second-order valence-electron chi connectivity index (χ2n) is 15.8. The number of carbonyl (C=O) groups is 6. The highest BCUT2D eigenvalue weighted by Crippen LogP contribution is 2.27. The molecular formula is C45H68N6O10S2. The number of benzene rings is 2. The van der Waals surface area contributed by atoms with Crippen molar-refractivity contribution in [2.75, 3.05) is 37.9 Å². The van der Waals surface area contributed by atoms with E-state index in [-0.39, 0.29) is 78.5 Å². The third-order valence-electron chi connectivity index (χ3n) is 10.2. The third-order valence-corrected chi connectivity index (χ3v) is 12.3. The Hall–Kier alpha value is -4.36. The van der Waals surface area contributed by atoms with Gasteiger partial charge in [0.25, 0.3) is 0 Å². The molecule has 0 radical (unpaired) electrons. The Labute approximate surface area is 380 Å². The van der Waals surface area contributed by atoms with Gasteiger partial charge in [0.05, 0.1) is 24.0 Å². The molecule has 6 amide bonds. The van der Waals surface area contributed by atoms with Crippen LogP contribution in [0.1, 0.15) is 90.3 Å². The highest BCUT2D eigenvalue weighted by atomic mass is 32.2. The van der Waals surface area contributed by atoms with Crippen molar-refractivity contribution in [3.63, 3.8) is 0 Å². The number of amides is 6. The van der Waals surface area contributed by atoms with Crippen molar-refractivity contribution in [2.45, 2.75) is 116 Å². The number of rotatable bonds is 24. The Morgan fingerprint density at radius 1 is 0.810 bits per heavy atom. The monoisotopic (exact) mass is 916 g/mol. The number of hydrogen-bond acceptors (Lipinski definition) is 12. The first-order valence-electron chi connectivity index (χ1n) is 21.8. The molecule has 0 aliphatic carbocycles. The molecule has 2 aliphatic rings. The van der Waals surface area contributed by atoms with Gasteiger partial charge in [0.2, 0.25) is 35.4 Å². The van der Waals surface area contributed by atoms with Crippen molar-refractivity contribution >= 4 is 59.0 Å². The zero-order chi connectivity index (χ0) is 46.1. The molecule has 0 saturated heterocycles. The Bertz CT molecular complexity index is 1740. The van der Waals surface area contributed by atoms with Crippen molar-refractivity contribution in [1.29, 1.82) is 0 Å². The zero-order valence-corrected chi connectivity index (χ0v) is 39.1. The molecule has 16 nitrogen and oxygen atoms in total. The predicted molar refractivity (Wildman–Crippen MR) is 245 cm³/mol. The fraction of sp³-hybridized carbons (Fsp3) is 0.600. The van der Waals surface area contributed by atoms with E-state index < -0.39 is 41.6 Å². The SMILES string of the molecule is CCOC(C)SCC(=O)NCC(CCC(=O)NCc1ccc(CNC(=O)C2Cc3ccc(cc3)OCCCC(C(=O)NO)C(CC(C)C)C(=O)N2)cc1)NC(=O)CSC(C)OCC. The van der Waals surface area contributed by atoms with Crippen LogP contribution in [0.2, 0.25) is 0 Å². The summed E-state index contributed by atoms with van der Waals surface area (Å²) in [5.41, 5.74) is 3.89. The van der Waals surface area contributed by atoms with E-state index >= 15 is 0 Å². The molecule has 0 saturated carbocycles. The van der Waals surface area contributed by atoms with E-state index in [9.17, 15) is 34.0 Å². The number of hydrogen-bond donors (Lipinski definition) is 7. The van der Waals surface area contributed by atoms with E-state index in [1.54, 1.807) is 17.6 Å². The summed E-state index contributed by atoms with van der Waals surface area (Å²) in [6.45, 7) is 13.5. The van der Waals surface area contributed by atoms with Crippen LogP contribution in [0, 0.1) is 17.8 Å². The number of thioether (sulfide) groups is 2. The van der Waals surface area contributed by atoms with Crippen LogP contribution in [0.5, 0.6) is 5.75 Å². The molecule has 2 bridgehead atoms. The fourth-order valence-electron chi connectivity index (χ4n) is 6.91. The van der Waals surface area contributed by atoms with Gasteiger partial charge < -0.3 is 40.8 Å². The van der Waals surface area contributed by atoms with Crippen LogP contribution in [0.3, 0.4) is 0 Å². The average Bonchev–Trinajstić information content (AvgIpc) is 3.26. The molecule has 7 N–H and O–H groups in total. The summed E-state index contributed by atoms with van der Waals surface area (Å²) in [5.74, 6) is -2.64. The number of hydroxylamine groups is 1. The van der Waals surface area contributed by atoms with Gasteiger partial charge in [-0.3, -0.25) is 34.0 Å². The maximum Gasteiger partial charge on any atom is 0.247 e. The minimum Gasteiger partial charge on any atom is -0.494 e. The molecule has 6 atom stereocenters. The molecule has 2 aromatic carbocycles. The Morgan fingerprint density at radius 3 is 2.00 bits per heavy atom. The summed E-state index contributed by atoms with van der Waals surface area (Å²) in [6, 6.07) is 13.3. The molecule has 6 unspecified atom stereocenters. The average molecular weight is 917 g/mol. The summed E-state index contributed by atoms with van der Waals surface area (Å²) in [6.07, 6.45) is 1.78. The second kappa shape index (κ2) is 29.2. The lowest BCUT2D eigenvalue weighted by atomic mass is 9.81. The maximum atomic E-state index is 13.9. The smallest absolute Gasteiger partial charge is 0.247 e. The number of nitrogens with one attached hydrogen (secondary N) is 6. The highest BCUT2D eigenvalue weighted by molar-refractivity contribution is 8.00. The summed E-state index contributed by atoms with van der Waals surface area (Å²) in [4.78, 5) is 78.7. The van der Waals surface area contributed by atoms with E-state index in [0.717, 1.165) is 16.7 Å². The summed E-state index contributed by atoms with van der Waals surface area (Å²) in [5, 5.41) is 24.1. The van der Waals surface area contributed by atoms with E-state index in [2.05, 4.69) is 26.6 Å². The van der Waals surface area contributed by atoms with Gasteiger partial charge in [-0.05, 0) is 88.1 Å². The normalized spacial score (nSPS) is 18.2. The van der Waals surface area contributed by atoms with E-state index in [1.165, 1.54) is 23.5 Å². The Balaban J connectivity index is 1.58. The van der Waals surface area contributed by atoms with E-state index in [0.29, 0.717) is 51.3 Å². The van der Waals surface area contributed by atoms with Gasteiger partial charge in [-0.25, -0.2) is 5.48 Å². The Morgan fingerprint density at radius 2 is 1.41 bits per heavy atom. The first kappa shape index (κ1) is 53.0. The molecule has 0 spiro atoms. The van der Waals surface area contributed by atoms with Crippen LogP contribution >= 0.6 is 23.5 Å². The first-order valence-corrected chi connectivity index (χ1v) is 23.9. The lowest BCUT2D eigenvalue weighted by molar-refractivity contribution is -0.142. The number of ether oxygens (including phenoxy) is 3. The van der Waals surface area contributed by atoms with Gasteiger partial charge in [0, 0.05) is 57.6 Å². The molecule has 0 fully saturated rings. The molecule has 2 heterocycles. The topological polar surface area (TPSA) is 223 Å². The molecular weight excluding hydrogens is 849 g/mol. The van der Waals surface area contributed by atoms with Crippen LogP contribution in [0.15, 0.2) is 48.5 Å². The van der Waals surface area contributed by atoms with Gasteiger partial charge in [0.1, 0.15) is 22.7 Å². The van der Waals surface area contributed by atoms with Gasteiger partial charge in [-0.15, -0.1) is 23.5 Å². The highest BCUT2D eigenvalue weighted by Gasteiger charge is 2.36. The Kier molecular flexibility index (Phi) is 24.5.